The summed E-state index contributed by atoms with van der Waals surface area (Å²) >= 11 is 0. The van der Waals surface area contributed by atoms with Crippen molar-refractivity contribution in [3.05, 3.63) is 0 Å². The van der Waals surface area contributed by atoms with E-state index in [1.807, 2.05) is 0 Å². The highest BCUT2D eigenvalue weighted by Gasteiger charge is 2.21. The van der Waals surface area contributed by atoms with Gasteiger partial charge in [0.25, 0.3) is 0 Å². The van der Waals surface area contributed by atoms with E-state index in [0.29, 0.717) is 0 Å². The quantitative estimate of drug-likeness (QED) is 0.679. The molecule has 0 aromatic carbocycles. The largest absolute Gasteiger partial charge is 0.304 e. The molecule has 2 heterocycles. The molecule has 0 amide bonds. The molecule has 2 nitrogen and oxygen atoms in total. The minimum absolute atomic E-state index is 0.996. The molecule has 0 aliphatic carbocycles. The third kappa shape index (κ3) is 2.71. The predicted octanol–water partition coefficient (Wildman–Crippen LogP) is 1.81. The highest BCUT2D eigenvalue weighted by atomic mass is 15.2. The van der Waals surface area contributed by atoms with Gasteiger partial charge < -0.3 is 9.80 Å². The standard InChI is InChI=1S/C12H24N2/c1-2-13-9-5-12(6-10-13)11-14-7-3-4-8-14/h12H,2-11H2,1H3. The summed E-state index contributed by atoms with van der Waals surface area (Å²) in [7, 11) is 0. The number of piperidine rings is 1. The lowest BCUT2D eigenvalue weighted by molar-refractivity contribution is 0.159. The van der Waals surface area contributed by atoms with E-state index in [0.717, 1.165) is 5.92 Å². The molecule has 82 valence electrons. The van der Waals surface area contributed by atoms with Crippen LogP contribution >= 0.6 is 0 Å². The lowest BCUT2D eigenvalue weighted by atomic mass is 9.96. The Balaban J connectivity index is 1.67. The summed E-state index contributed by atoms with van der Waals surface area (Å²) in [4.78, 5) is 5.26. The lowest BCUT2D eigenvalue weighted by Gasteiger charge is -2.33. The number of nitrogens with zero attached hydrogens (tertiary/aromatic N) is 2. The molecular weight excluding hydrogens is 172 g/mol. The van der Waals surface area contributed by atoms with Crippen LogP contribution in [0, 0.1) is 5.92 Å². The van der Waals surface area contributed by atoms with Crippen molar-refractivity contribution < 1.29 is 0 Å². The lowest BCUT2D eigenvalue weighted by Crippen LogP contribution is -2.37. The second-order valence-electron chi connectivity index (χ2n) is 4.89. The van der Waals surface area contributed by atoms with Crippen LogP contribution in [0.25, 0.3) is 0 Å². The molecule has 0 radical (unpaired) electrons. The fourth-order valence-electron chi connectivity index (χ4n) is 2.82. The fraction of sp³-hybridized carbons (Fsp3) is 1.00. The zero-order chi connectivity index (χ0) is 9.80. The first-order chi connectivity index (χ1) is 6.88. The van der Waals surface area contributed by atoms with Gasteiger partial charge in [-0.1, -0.05) is 6.92 Å². The third-order valence-corrected chi connectivity index (χ3v) is 3.87. The van der Waals surface area contributed by atoms with E-state index in [9.17, 15) is 0 Å². The molecule has 2 saturated heterocycles. The van der Waals surface area contributed by atoms with Gasteiger partial charge in [0, 0.05) is 6.54 Å². The van der Waals surface area contributed by atoms with Crippen molar-refractivity contribution in [1.82, 2.24) is 9.80 Å². The Morgan fingerprint density at radius 3 is 2.14 bits per heavy atom. The van der Waals surface area contributed by atoms with Crippen molar-refractivity contribution in [3.63, 3.8) is 0 Å². The second-order valence-corrected chi connectivity index (χ2v) is 4.89. The smallest absolute Gasteiger partial charge is 0.00106 e. The van der Waals surface area contributed by atoms with Crippen molar-refractivity contribution in [3.8, 4) is 0 Å². The molecule has 0 spiro atoms. The zero-order valence-corrected chi connectivity index (χ0v) is 9.54. The Morgan fingerprint density at radius 2 is 1.57 bits per heavy atom. The van der Waals surface area contributed by atoms with Crippen LogP contribution in [0.4, 0.5) is 0 Å². The van der Waals surface area contributed by atoms with E-state index in [4.69, 9.17) is 0 Å². The van der Waals surface area contributed by atoms with Crippen molar-refractivity contribution >= 4 is 0 Å². The summed E-state index contributed by atoms with van der Waals surface area (Å²) in [6.45, 7) is 10.3. The summed E-state index contributed by atoms with van der Waals surface area (Å²) in [5.74, 6) is 0.996. The molecular formula is C12H24N2. The first-order valence-electron chi connectivity index (χ1n) is 6.33. The first kappa shape index (κ1) is 10.4. The monoisotopic (exact) mass is 196 g/mol. The van der Waals surface area contributed by atoms with Crippen LogP contribution in [0.15, 0.2) is 0 Å². The fourth-order valence-corrected chi connectivity index (χ4v) is 2.82. The maximum absolute atomic E-state index is 2.67. The second kappa shape index (κ2) is 5.13. The van der Waals surface area contributed by atoms with Crippen LogP contribution in [-0.2, 0) is 0 Å². The minimum Gasteiger partial charge on any atom is -0.304 e. The molecule has 0 saturated carbocycles. The number of hydrogen-bond acceptors (Lipinski definition) is 2. The number of hydrogen-bond donors (Lipinski definition) is 0. The molecule has 0 aromatic heterocycles. The number of likely N-dealkylation sites (tertiary alicyclic amines) is 2. The molecule has 2 fully saturated rings. The molecule has 0 bridgehead atoms. The average Bonchev–Trinajstić information content (AvgIpc) is 2.72. The molecule has 14 heavy (non-hydrogen) atoms. The van der Waals surface area contributed by atoms with Crippen LogP contribution in [0.1, 0.15) is 32.6 Å². The van der Waals surface area contributed by atoms with Gasteiger partial charge >= 0.3 is 0 Å². The highest BCUT2D eigenvalue weighted by Crippen LogP contribution is 2.20. The van der Waals surface area contributed by atoms with Crippen LogP contribution < -0.4 is 0 Å². The van der Waals surface area contributed by atoms with Gasteiger partial charge in [0.1, 0.15) is 0 Å². The Labute approximate surface area is 88.3 Å². The van der Waals surface area contributed by atoms with E-state index in [-0.39, 0.29) is 0 Å². The Morgan fingerprint density at radius 1 is 0.929 bits per heavy atom. The van der Waals surface area contributed by atoms with E-state index in [2.05, 4.69) is 16.7 Å². The van der Waals surface area contributed by atoms with E-state index in [1.54, 1.807) is 0 Å². The Bertz CT molecular complexity index is 156. The van der Waals surface area contributed by atoms with Gasteiger partial charge in [-0.3, -0.25) is 0 Å². The van der Waals surface area contributed by atoms with Crippen molar-refractivity contribution in [2.45, 2.75) is 32.6 Å². The molecule has 2 aliphatic heterocycles. The van der Waals surface area contributed by atoms with E-state index in [1.165, 1.54) is 65.0 Å². The van der Waals surface area contributed by atoms with E-state index >= 15 is 0 Å². The predicted molar refractivity (Wildman–Crippen MR) is 60.5 cm³/mol. The SMILES string of the molecule is CCN1CCC(CN2CCCC2)CC1. The summed E-state index contributed by atoms with van der Waals surface area (Å²) in [5.41, 5.74) is 0. The van der Waals surface area contributed by atoms with Crippen LogP contribution in [0.5, 0.6) is 0 Å². The van der Waals surface area contributed by atoms with Gasteiger partial charge in [0.05, 0.1) is 0 Å². The van der Waals surface area contributed by atoms with Crippen LogP contribution in [-0.4, -0.2) is 49.1 Å². The van der Waals surface area contributed by atoms with Gasteiger partial charge in [-0.25, -0.2) is 0 Å². The summed E-state index contributed by atoms with van der Waals surface area (Å²) < 4.78 is 0. The van der Waals surface area contributed by atoms with Crippen molar-refractivity contribution in [2.24, 2.45) is 5.92 Å². The molecule has 2 aliphatic rings. The molecule has 0 atom stereocenters. The van der Waals surface area contributed by atoms with Crippen LogP contribution in [0.2, 0.25) is 0 Å². The maximum atomic E-state index is 2.67. The highest BCUT2D eigenvalue weighted by molar-refractivity contribution is 4.76. The van der Waals surface area contributed by atoms with Gasteiger partial charge in [-0.15, -0.1) is 0 Å². The Hall–Kier alpha value is -0.0800. The maximum Gasteiger partial charge on any atom is 0.00106 e. The van der Waals surface area contributed by atoms with Gasteiger partial charge in [-0.2, -0.15) is 0 Å². The topological polar surface area (TPSA) is 6.48 Å². The van der Waals surface area contributed by atoms with E-state index < -0.39 is 0 Å². The summed E-state index contributed by atoms with van der Waals surface area (Å²) in [5, 5.41) is 0. The average molecular weight is 196 g/mol. The normalized spacial score (nSPS) is 27.2. The molecule has 2 rings (SSSR count). The Kier molecular flexibility index (Phi) is 3.82. The van der Waals surface area contributed by atoms with Gasteiger partial charge in [-0.05, 0) is 64.3 Å². The molecule has 0 aromatic rings. The minimum atomic E-state index is 0.996. The third-order valence-electron chi connectivity index (χ3n) is 3.87. The first-order valence-corrected chi connectivity index (χ1v) is 6.33. The molecule has 0 unspecified atom stereocenters. The van der Waals surface area contributed by atoms with Gasteiger partial charge in [0.2, 0.25) is 0 Å². The molecule has 2 heteroatoms. The van der Waals surface area contributed by atoms with Crippen LogP contribution in [0.3, 0.4) is 0 Å². The zero-order valence-electron chi connectivity index (χ0n) is 9.54. The summed E-state index contributed by atoms with van der Waals surface area (Å²) in [6, 6.07) is 0. The van der Waals surface area contributed by atoms with Crippen molar-refractivity contribution in [1.29, 1.82) is 0 Å². The summed E-state index contributed by atoms with van der Waals surface area (Å²) in [6.07, 6.45) is 5.75. The van der Waals surface area contributed by atoms with Crippen molar-refractivity contribution in [2.75, 3.05) is 39.3 Å². The van der Waals surface area contributed by atoms with Gasteiger partial charge in [0.15, 0.2) is 0 Å². The molecule has 0 N–H and O–H groups in total. The number of rotatable bonds is 3.